The van der Waals surface area contributed by atoms with Crippen molar-refractivity contribution >= 4 is 11.0 Å². The third kappa shape index (κ3) is 1.75. The Balaban J connectivity index is 2.69. The van der Waals surface area contributed by atoms with Crippen molar-refractivity contribution in [1.82, 2.24) is 9.97 Å². The van der Waals surface area contributed by atoms with E-state index in [4.69, 9.17) is 4.74 Å². The van der Waals surface area contributed by atoms with Crippen molar-refractivity contribution in [1.29, 1.82) is 0 Å². The molecule has 0 saturated heterocycles. The summed E-state index contributed by atoms with van der Waals surface area (Å²) in [7, 11) is 1.56. The Hall–Kier alpha value is -1.71. The highest BCUT2D eigenvalue weighted by molar-refractivity contribution is 5.75. The molecule has 15 heavy (non-hydrogen) atoms. The number of halogens is 1. The first kappa shape index (κ1) is 9.83. The van der Waals surface area contributed by atoms with E-state index in [0.717, 1.165) is 12.0 Å². The summed E-state index contributed by atoms with van der Waals surface area (Å²) in [6, 6.07) is 3.23. The van der Waals surface area contributed by atoms with Gasteiger partial charge in [0.2, 0.25) is 5.88 Å². The highest BCUT2D eigenvalue weighted by atomic mass is 19.1. The second kappa shape index (κ2) is 3.81. The molecule has 0 radical (unpaired) electrons. The first-order chi connectivity index (χ1) is 7.24. The highest BCUT2D eigenvalue weighted by Gasteiger charge is 2.07. The number of ether oxygens (including phenoxy) is 1. The zero-order chi connectivity index (χ0) is 10.8. The summed E-state index contributed by atoms with van der Waals surface area (Å²) >= 11 is 0. The van der Waals surface area contributed by atoms with Crippen LogP contribution in [0.4, 0.5) is 4.39 Å². The topological polar surface area (TPSA) is 35.0 Å². The molecule has 2 aromatic heterocycles. The molecule has 0 aliphatic rings. The number of methoxy groups -OCH3 is 1. The molecule has 0 amide bonds. The van der Waals surface area contributed by atoms with Crippen LogP contribution in [0, 0.1) is 5.82 Å². The predicted molar refractivity (Wildman–Crippen MR) is 55.4 cm³/mol. The number of nitrogens with zero attached hydrogens (tertiary/aromatic N) is 2. The molecular weight excluding hydrogens is 195 g/mol. The van der Waals surface area contributed by atoms with Crippen LogP contribution in [0.25, 0.3) is 11.0 Å². The molecule has 0 unspecified atom stereocenters. The van der Waals surface area contributed by atoms with Crippen molar-refractivity contribution < 1.29 is 9.13 Å². The number of aromatic nitrogens is 2. The minimum Gasteiger partial charge on any atom is -0.481 e. The molecule has 2 aromatic rings. The third-order valence-corrected chi connectivity index (χ3v) is 2.25. The van der Waals surface area contributed by atoms with Crippen molar-refractivity contribution in [2.45, 2.75) is 13.3 Å². The van der Waals surface area contributed by atoms with E-state index in [-0.39, 0.29) is 5.82 Å². The Bertz CT molecular complexity index is 499. The van der Waals surface area contributed by atoms with Crippen LogP contribution in [0.3, 0.4) is 0 Å². The van der Waals surface area contributed by atoms with Crippen LogP contribution < -0.4 is 4.74 Å². The number of rotatable bonds is 2. The van der Waals surface area contributed by atoms with Crippen LogP contribution in [0.15, 0.2) is 18.3 Å². The van der Waals surface area contributed by atoms with Gasteiger partial charge < -0.3 is 4.74 Å². The fraction of sp³-hybridized carbons (Fsp3) is 0.273. The molecule has 0 spiro atoms. The van der Waals surface area contributed by atoms with E-state index in [1.54, 1.807) is 7.11 Å². The second-order valence-electron chi connectivity index (χ2n) is 3.20. The Morgan fingerprint density at radius 1 is 1.33 bits per heavy atom. The van der Waals surface area contributed by atoms with Crippen LogP contribution in [-0.2, 0) is 6.42 Å². The molecule has 2 rings (SSSR count). The van der Waals surface area contributed by atoms with Crippen molar-refractivity contribution in [3.8, 4) is 5.88 Å². The minimum absolute atomic E-state index is 0.388. The maximum absolute atomic E-state index is 12.9. The van der Waals surface area contributed by atoms with Gasteiger partial charge in [0.05, 0.1) is 24.3 Å². The Morgan fingerprint density at radius 3 is 2.80 bits per heavy atom. The SMILES string of the molecule is CCc1cc2ncc(F)cc2nc1OC. The van der Waals surface area contributed by atoms with Crippen molar-refractivity contribution in [3.05, 3.63) is 29.7 Å². The molecule has 0 aliphatic carbocycles. The van der Waals surface area contributed by atoms with Crippen molar-refractivity contribution in [2.75, 3.05) is 7.11 Å². The average molecular weight is 206 g/mol. The lowest BCUT2D eigenvalue weighted by Crippen LogP contribution is -1.96. The quantitative estimate of drug-likeness (QED) is 0.756. The maximum Gasteiger partial charge on any atom is 0.216 e. The lowest BCUT2D eigenvalue weighted by molar-refractivity contribution is 0.394. The molecule has 0 aromatic carbocycles. The molecule has 0 bridgehead atoms. The summed E-state index contributed by atoms with van der Waals surface area (Å²) in [5.41, 5.74) is 2.18. The maximum atomic E-state index is 12.9. The van der Waals surface area contributed by atoms with E-state index in [9.17, 15) is 4.39 Å². The number of hydrogen-bond acceptors (Lipinski definition) is 3. The summed E-state index contributed by atoms with van der Waals surface area (Å²) in [6.07, 6.45) is 2.00. The van der Waals surface area contributed by atoms with Gasteiger partial charge in [-0.15, -0.1) is 0 Å². The summed E-state index contributed by atoms with van der Waals surface area (Å²) in [4.78, 5) is 8.17. The summed E-state index contributed by atoms with van der Waals surface area (Å²) in [6.45, 7) is 2.01. The third-order valence-electron chi connectivity index (χ3n) is 2.25. The molecule has 0 aliphatic heterocycles. The summed E-state index contributed by atoms with van der Waals surface area (Å²) in [5, 5.41) is 0. The average Bonchev–Trinajstić information content (AvgIpc) is 2.27. The van der Waals surface area contributed by atoms with E-state index in [0.29, 0.717) is 16.9 Å². The zero-order valence-corrected chi connectivity index (χ0v) is 8.62. The van der Waals surface area contributed by atoms with Gasteiger partial charge in [-0.1, -0.05) is 6.92 Å². The molecule has 3 nitrogen and oxygen atoms in total. The number of hydrogen-bond donors (Lipinski definition) is 0. The molecular formula is C11H11FN2O. The first-order valence-electron chi connectivity index (χ1n) is 4.73. The van der Waals surface area contributed by atoms with Gasteiger partial charge in [0, 0.05) is 11.6 Å². The van der Waals surface area contributed by atoms with Crippen LogP contribution in [0.1, 0.15) is 12.5 Å². The van der Waals surface area contributed by atoms with Crippen LogP contribution in [0.5, 0.6) is 5.88 Å². The standard InChI is InChI=1S/C11H11FN2O/c1-3-7-4-9-10(14-11(7)15-2)5-8(12)6-13-9/h4-6H,3H2,1-2H3. The highest BCUT2D eigenvalue weighted by Crippen LogP contribution is 2.21. The fourth-order valence-electron chi connectivity index (χ4n) is 1.48. The second-order valence-corrected chi connectivity index (χ2v) is 3.20. The van der Waals surface area contributed by atoms with E-state index in [1.807, 2.05) is 13.0 Å². The van der Waals surface area contributed by atoms with Gasteiger partial charge in [0.25, 0.3) is 0 Å². The number of aryl methyl sites for hydroxylation is 1. The van der Waals surface area contributed by atoms with Crippen molar-refractivity contribution in [3.63, 3.8) is 0 Å². The Morgan fingerprint density at radius 2 is 2.13 bits per heavy atom. The number of fused-ring (bicyclic) bond motifs is 1. The molecule has 0 fully saturated rings. The van der Waals surface area contributed by atoms with Gasteiger partial charge in [0.15, 0.2) is 0 Å². The van der Waals surface area contributed by atoms with Crippen molar-refractivity contribution in [2.24, 2.45) is 0 Å². The number of pyridine rings is 2. The van der Waals surface area contributed by atoms with Gasteiger partial charge in [-0.05, 0) is 12.5 Å². The molecule has 0 atom stereocenters. The smallest absolute Gasteiger partial charge is 0.216 e. The van der Waals surface area contributed by atoms with Gasteiger partial charge in [-0.2, -0.15) is 0 Å². The van der Waals surface area contributed by atoms with Gasteiger partial charge >= 0.3 is 0 Å². The predicted octanol–water partition coefficient (Wildman–Crippen LogP) is 2.34. The van der Waals surface area contributed by atoms with Crippen LogP contribution >= 0.6 is 0 Å². The molecule has 0 saturated carbocycles. The summed E-state index contributed by atoms with van der Waals surface area (Å²) < 4.78 is 18.0. The zero-order valence-electron chi connectivity index (χ0n) is 8.62. The molecule has 4 heteroatoms. The lowest BCUT2D eigenvalue weighted by Gasteiger charge is -2.06. The van der Waals surface area contributed by atoms with Crippen LogP contribution in [-0.4, -0.2) is 17.1 Å². The fourth-order valence-corrected chi connectivity index (χ4v) is 1.48. The van der Waals surface area contributed by atoms with E-state index in [2.05, 4.69) is 9.97 Å². The molecule has 0 N–H and O–H groups in total. The summed E-state index contributed by atoms with van der Waals surface area (Å²) in [5.74, 6) is 0.152. The monoisotopic (exact) mass is 206 g/mol. The molecule has 2 heterocycles. The minimum atomic E-state index is -0.388. The van der Waals surface area contributed by atoms with Gasteiger partial charge in [0.1, 0.15) is 5.82 Å². The lowest BCUT2D eigenvalue weighted by atomic mass is 10.2. The largest absolute Gasteiger partial charge is 0.481 e. The van der Waals surface area contributed by atoms with E-state index in [1.165, 1.54) is 12.3 Å². The van der Waals surface area contributed by atoms with E-state index >= 15 is 0 Å². The van der Waals surface area contributed by atoms with Gasteiger partial charge in [-0.3, -0.25) is 4.98 Å². The Labute approximate surface area is 86.9 Å². The van der Waals surface area contributed by atoms with Crippen LogP contribution in [0.2, 0.25) is 0 Å². The first-order valence-corrected chi connectivity index (χ1v) is 4.73. The van der Waals surface area contributed by atoms with Gasteiger partial charge in [-0.25, -0.2) is 9.37 Å². The normalized spacial score (nSPS) is 10.6. The molecule has 78 valence electrons. The van der Waals surface area contributed by atoms with E-state index < -0.39 is 0 Å². The Kier molecular flexibility index (Phi) is 2.49.